The number of nitrogens with zero attached hydrogens (tertiary/aromatic N) is 3. The molecule has 0 saturated carbocycles. The third kappa shape index (κ3) is 2.77. The maximum atomic E-state index is 4.88. The molecular weight excluding hydrogens is 316 g/mol. The minimum atomic E-state index is 0.393. The molecule has 0 spiro atoms. The summed E-state index contributed by atoms with van der Waals surface area (Å²) in [6.45, 7) is 4.40. The number of anilines is 1. The molecule has 0 aliphatic heterocycles. The van der Waals surface area contributed by atoms with Gasteiger partial charge in [-0.3, -0.25) is 4.98 Å². The second kappa shape index (κ2) is 6.48. The summed E-state index contributed by atoms with van der Waals surface area (Å²) in [7, 11) is 0. The number of thiophene rings is 1. The molecule has 0 radical (unpaired) electrons. The number of pyridine rings is 1. The molecular formula is C19H22N4S. The Kier molecular flexibility index (Phi) is 4.19. The number of rotatable bonds is 4. The standard InChI is InChI=1S/C19H22N4S/c1-3-12(2)21-18-16-14-8-4-5-9-15(14)24-19(16)23-17(22-18)13-7-6-10-20-11-13/h6-7,10-12H,3-5,8-9H2,1-2H3,(H,21,22,23). The average molecular weight is 338 g/mol. The van der Waals surface area contributed by atoms with Crippen molar-refractivity contribution >= 4 is 27.4 Å². The molecule has 0 saturated heterocycles. The van der Waals surface area contributed by atoms with E-state index in [9.17, 15) is 0 Å². The summed E-state index contributed by atoms with van der Waals surface area (Å²) in [5.74, 6) is 1.76. The summed E-state index contributed by atoms with van der Waals surface area (Å²) in [6, 6.07) is 4.35. The van der Waals surface area contributed by atoms with Crippen LogP contribution in [0.25, 0.3) is 21.6 Å². The molecule has 1 aliphatic rings. The van der Waals surface area contributed by atoms with Gasteiger partial charge in [-0.05, 0) is 56.7 Å². The molecule has 3 heterocycles. The Morgan fingerprint density at radius 3 is 2.92 bits per heavy atom. The first-order valence-electron chi connectivity index (χ1n) is 8.75. The summed E-state index contributed by atoms with van der Waals surface area (Å²) in [4.78, 5) is 16.6. The lowest BCUT2D eigenvalue weighted by Gasteiger charge is -2.16. The van der Waals surface area contributed by atoms with Crippen molar-refractivity contribution in [3.05, 3.63) is 35.0 Å². The Morgan fingerprint density at radius 2 is 2.12 bits per heavy atom. The third-order valence-electron chi connectivity index (χ3n) is 4.73. The van der Waals surface area contributed by atoms with E-state index in [1.54, 1.807) is 6.20 Å². The van der Waals surface area contributed by atoms with Crippen LogP contribution in [0.15, 0.2) is 24.5 Å². The highest BCUT2D eigenvalue weighted by atomic mass is 32.1. The highest BCUT2D eigenvalue weighted by molar-refractivity contribution is 7.19. The lowest BCUT2D eigenvalue weighted by Crippen LogP contribution is -2.15. The monoisotopic (exact) mass is 338 g/mol. The summed E-state index contributed by atoms with van der Waals surface area (Å²) in [5.41, 5.74) is 2.45. The fourth-order valence-corrected chi connectivity index (χ4v) is 4.48. The highest BCUT2D eigenvalue weighted by Crippen LogP contribution is 2.39. The van der Waals surface area contributed by atoms with Crippen molar-refractivity contribution in [3.8, 4) is 11.4 Å². The molecule has 0 fully saturated rings. The molecule has 1 aliphatic carbocycles. The molecule has 0 amide bonds. The minimum Gasteiger partial charge on any atom is -0.367 e. The number of aryl methyl sites for hydroxylation is 2. The van der Waals surface area contributed by atoms with Gasteiger partial charge in [-0.15, -0.1) is 11.3 Å². The van der Waals surface area contributed by atoms with Crippen molar-refractivity contribution in [1.82, 2.24) is 15.0 Å². The Balaban J connectivity index is 1.91. The van der Waals surface area contributed by atoms with Gasteiger partial charge in [-0.25, -0.2) is 9.97 Å². The molecule has 1 N–H and O–H groups in total. The fraction of sp³-hybridized carbons (Fsp3) is 0.421. The second-order valence-corrected chi connectivity index (χ2v) is 7.57. The van der Waals surface area contributed by atoms with Crippen LogP contribution in [-0.2, 0) is 12.8 Å². The Morgan fingerprint density at radius 1 is 1.25 bits per heavy atom. The summed E-state index contributed by atoms with van der Waals surface area (Å²) in [6.07, 6.45) is 9.58. The zero-order valence-electron chi connectivity index (χ0n) is 14.2. The van der Waals surface area contributed by atoms with Gasteiger partial charge in [0.1, 0.15) is 10.6 Å². The van der Waals surface area contributed by atoms with E-state index in [2.05, 4.69) is 24.1 Å². The molecule has 0 bridgehead atoms. The SMILES string of the molecule is CCC(C)Nc1nc(-c2cccnc2)nc2sc3c(c12)CCCC3. The van der Waals surface area contributed by atoms with Gasteiger partial charge in [-0.2, -0.15) is 0 Å². The van der Waals surface area contributed by atoms with E-state index < -0.39 is 0 Å². The van der Waals surface area contributed by atoms with E-state index in [0.29, 0.717) is 6.04 Å². The normalized spacial score (nSPS) is 15.2. The molecule has 1 atom stereocenters. The molecule has 1 unspecified atom stereocenters. The van der Waals surface area contributed by atoms with E-state index in [1.807, 2.05) is 29.7 Å². The second-order valence-electron chi connectivity index (χ2n) is 6.48. The zero-order valence-corrected chi connectivity index (χ0v) is 15.0. The first-order valence-corrected chi connectivity index (χ1v) is 9.57. The number of hydrogen-bond acceptors (Lipinski definition) is 5. The van der Waals surface area contributed by atoms with Crippen molar-refractivity contribution in [2.24, 2.45) is 0 Å². The number of nitrogens with one attached hydrogen (secondary N) is 1. The van der Waals surface area contributed by atoms with Crippen LogP contribution in [0.1, 0.15) is 43.6 Å². The van der Waals surface area contributed by atoms with Gasteiger partial charge in [-0.1, -0.05) is 6.92 Å². The molecule has 24 heavy (non-hydrogen) atoms. The van der Waals surface area contributed by atoms with E-state index in [4.69, 9.17) is 9.97 Å². The van der Waals surface area contributed by atoms with Gasteiger partial charge in [0.2, 0.25) is 0 Å². The Labute approximate surface area is 146 Å². The van der Waals surface area contributed by atoms with E-state index in [0.717, 1.165) is 34.9 Å². The van der Waals surface area contributed by atoms with Crippen molar-refractivity contribution in [1.29, 1.82) is 0 Å². The number of fused-ring (bicyclic) bond motifs is 3. The van der Waals surface area contributed by atoms with Crippen molar-refractivity contribution in [2.75, 3.05) is 5.32 Å². The average Bonchev–Trinajstić information content (AvgIpc) is 3.01. The number of hydrogen-bond donors (Lipinski definition) is 1. The van der Waals surface area contributed by atoms with Crippen LogP contribution in [0.5, 0.6) is 0 Å². The van der Waals surface area contributed by atoms with E-state index in [1.165, 1.54) is 35.1 Å². The smallest absolute Gasteiger partial charge is 0.164 e. The molecule has 0 aromatic carbocycles. The van der Waals surface area contributed by atoms with Crippen LogP contribution in [-0.4, -0.2) is 21.0 Å². The van der Waals surface area contributed by atoms with Crippen molar-refractivity contribution < 1.29 is 0 Å². The summed E-state index contributed by atoms with van der Waals surface area (Å²) >= 11 is 1.85. The molecule has 4 nitrogen and oxygen atoms in total. The highest BCUT2D eigenvalue weighted by Gasteiger charge is 2.22. The predicted octanol–water partition coefficient (Wildman–Crippen LogP) is 4.84. The number of aromatic nitrogens is 3. The van der Waals surface area contributed by atoms with Crippen molar-refractivity contribution in [3.63, 3.8) is 0 Å². The van der Waals surface area contributed by atoms with Gasteiger partial charge in [0.25, 0.3) is 0 Å². The summed E-state index contributed by atoms with van der Waals surface area (Å²) < 4.78 is 0. The van der Waals surface area contributed by atoms with Gasteiger partial charge in [0, 0.05) is 28.9 Å². The Hall–Kier alpha value is -2.01. The lowest BCUT2D eigenvalue weighted by atomic mass is 9.97. The van der Waals surface area contributed by atoms with Crippen LogP contribution in [0.4, 0.5) is 5.82 Å². The topological polar surface area (TPSA) is 50.7 Å². The van der Waals surface area contributed by atoms with Gasteiger partial charge >= 0.3 is 0 Å². The molecule has 3 aromatic heterocycles. The quantitative estimate of drug-likeness (QED) is 0.739. The van der Waals surface area contributed by atoms with Crippen LogP contribution in [0.3, 0.4) is 0 Å². The van der Waals surface area contributed by atoms with Gasteiger partial charge in [0.15, 0.2) is 5.82 Å². The van der Waals surface area contributed by atoms with Crippen LogP contribution >= 0.6 is 11.3 Å². The maximum absolute atomic E-state index is 4.88. The molecule has 124 valence electrons. The first kappa shape index (κ1) is 15.5. The van der Waals surface area contributed by atoms with E-state index in [-0.39, 0.29) is 0 Å². The zero-order chi connectivity index (χ0) is 16.5. The van der Waals surface area contributed by atoms with Gasteiger partial charge in [0.05, 0.1) is 5.39 Å². The summed E-state index contributed by atoms with van der Waals surface area (Å²) in [5, 5.41) is 4.87. The molecule has 5 heteroatoms. The van der Waals surface area contributed by atoms with Crippen LogP contribution in [0.2, 0.25) is 0 Å². The molecule has 4 rings (SSSR count). The van der Waals surface area contributed by atoms with Crippen molar-refractivity contribution in [2.45, 2.75) is 52.0 Å². The predicted molar refractivity (Wildman–Crippen MR) is 101 cm³/mol. The minimum absolute atomic E-state index is 0.393. The lowest BCUT2D eigenvalue weighted by molar-refractivity contribution is 0.700. The Bertz CT molecular complexity index is 857. The van der Waals surface area contributed by atoms with Crippen LogP contribution < -0.4 is 5.32 Å². The first-order chi connectivity index (χ1) is 11.8. The fourth-order valence-electron chi connectivity index (χ4n) is 3.22. The van der Waals surface area contributed by atoms with Gasteiger partial charge < -0.3 is 5.32 Å². The van der Waals surface area contributed by atoms with Crippen LogP contribution in [0, 0.1) is 0 Å². The molecule has 3 aromatic rings. The maximum Gasteiger partial charge on any atom is 0.164 e. The van der Waals surface area contributed by atoms with E-state index >= 15 is 0 Å². The third-order valence-corrected chi connectivity index (χ3v) is 5.92. The largest absolute Gasteiger partial charge is 0.367 e.